The number of alkyl halides is 3. The van der Waals surface area contributed by atoms with Crippen LogP contribution in [-0.4, -0.2) is 42.1 Å². The summed E-state index contributed by atoms with van der Waals surface area (Å²) < 4.78 is 67.2. The molecule has 194 valence electrons. The van der Waals surface area contributed by atoms with E-state index in [4.69, 9.17) is 11.1 Å². The summed E-state index contributed by atoms with van der Waals surface area (Å²) in [5.74, 6) is -4.28. The molecule has 0 spiro atoms. The van der Waals surface area contributed by atoms with Gasteiger partial charge >= 0.3 is 6.18 Å². The van der Waals surface area contributed by atoms with Gasteiger partial charge in [-0.25, -0.2) is 28.4 Å². The van der Waals surface area contributed by atoms with Crippen LogP contribution in [0.25, 0.3) is 16.8 Å². The average molecular weight is 528 g/mol. The summed E-state index contributed by atoms with van der Waals surface area (Å²) in [4.78, 5) is 13.4. The zero-order valence-electron chi connectivity index (χ0n) is 19.4. The van der Waals surface area contributed by atoms with Gasteiger partial charge in [-0.3, -0.25) is 5.41 Å². The molecule has 0 amide bonds. The summed E-state index contributed by atoms with van der Waals surface area (Å²) in [6.45, 7) is 1.79. The van der Waals surface area contributed by atoms with Crippen LogP contribution in [0.2, 0.25) is 0 Å². The Kier molecular flexibility index (Phi) is 6.98. The van der Waals surface area contributed by atoms with Crippen LogP contribution in [0, 0.1) is 28.4 Å². The van der Waals surface area contributed by atoms with Gasteiger partial charge in [0.2, 0.25) is 5.82 Å². The van der Waals surface area contributed by atoms with Gasteiger partial charge < -0.3 is 10.7 Å². The van der Waals surface area contributed by atoms with Crippen LogP contribution in [0.1, 0.15) is 47.7 Å². The van der Waals surface area contributed by atoms with E-state index >= 15 is 0 Å². The molecule has 38 heavy (non-hydrogen) atoms. The first-order valence-corrected chi connectivity index (χ1v) is 10.8. The third kappa shape index (κ3) is 4.83. The molecule has 3 heterocycles. The molecule has 0 bridgehead atoms. The monoisotopic (exact) mass is 528 g/mol. The lowest BCUT2D eigenvalue weighted by Crippen LogP contribution is -2.16. The standard InChI is InChI=1S/C23H17F5N10/c1-2-13(17-9-38(37-36-17)12-3-4-15(24)16(25)5-12)19-14(6-29)18(20(35-19)21(31)34-10-30)11-7-32-22(33-8-11)23(26,27)28/h3-5,7-10,13,35H,2H2,1H3,(H3,30,31,34). The quantitative estimate of drug-likeness (QED) is 0.186. The van der Waals surface area contributed by atoms with Crippen LogP contribution in [0.5, 0.6) is 0 Å². The molecule has 0 aliphatic rings. The molecule has 4 N–H and O–H groups in total. The predicted octanol–water partition coefficient (Wildman–Crippen LogP) is 4.08. The number of aromatic nitrogens is 6. The number of rotatable bonds is 7. The fourth-order valence-electron chi connectivity index (χ4n) is 3.87. The molecule has 1 atom stereocenters. The highest BCUT2D eigenvalue weighted by molar-refractivity contribution is 6.06. The summed E-state index contributed by atoms with van der Waals surface area (Å²) in [7, 11) is 0. The topological polar surface area (TPSA) is 158 Å². The van der Waals surface area contributed by atoms with Crippen molar-refractivity contribution in [2.75, 3.05) is 0 Å². The summed E-state index contributed by atoms with van der Waals surface area (Å²) in [6, 6.07) is 5.23. The Bertz CT molecular complexity index is 1560. The van der Waals surface area contributed by atoms with Crippen LogP contribution >= 0.6 is 0 Å². The fourth-order valence-corrected chi connectivity index (χ4v) is 3.87. The van der Waals surface area contributed by atoms with Crippen molar-refractivity contribution in [2.24, 2.45) is 10.7 Å². The molecule has 4 aromatic rings. The molecule has 1 unspecified atom stereocenters. The van der Waals surface area contributed by atoms with Gasteiger partial charge in [0.05, 0.1) is 28.8 Å². The molecule has 4 rings (SSSR count). The van der Waals surface area contributed by atoms with Gasteiger partial charge in [-0.2, -0.15) is 18.4 Å². The van der Waals surface area contributed by atoms with Gasteiger partial charge in [-0.1, -0.05) is 12.1 Å². The van der Waals surface area contributed by atoms with Gasteiger partial charge in [0.1, 0.15) is 18.2 Å². The first-order chi connectivity index (χ1) is 18.1. The zero-order chi connectivity index (χ0) is 27.6. The van der Waals surface area contributed by atoms with Gasteiger partial charge in [0.25, 0.3) is 0 Å². The first-order valence-electron chi connectivity index (χ1n) is 10.8. The van der Waals surface area contributed by atoms with E-state index in [1.54, 1.807) is 6.92 Å². The van der Waals surface area contributed by atoms with Gasteiger partial charge in [0.15, 0.2) is 11.6 Å². The molecular formula is C23H17F5N10. The highest BCUT2D eigenvalue weighted by Gasteiger charge is 2.35. The summed E-state index contributed by atoms with van der Waals surface area (Å²) in [6.07, 6.45) is -0.444. The molecule has 10 nitrogen and oxygen atoms in total. The van der Waals surface area contributed by atoms with Crippen molar-refractivity contribution >= 4 is 12.2 Å². The van der Waals surface area contributed by atoms with Crippen molar-refractivity contribution < 1.29 is 22.0 Å². The van der Waals surface area contributed by atoms with E-state index in [-0.39, 0.29) is 33.9 Å². The van der Waals surface area contributed by atoms with Crippen molar-refractivity contribution in [3.8, 4) is 22.9 Å². The number of benzene rings is 1. The predicted molar refractivity (Wildman–Crippen MR) is 124 cm³/mol. The van der Waals surface area contributed by atoms with Crippen LogP contribution in [0.15, 0.2) is 41.8 Å². The Labute approximate surface area is 211 Å². The summed E-state index contributed by atoms with van der Waals surface area (Å²) >= 11 is 0. The summed E-state index contributed by atoms with van der Waals surface area (Å²) in [5.41, 5.74) is 7.07. The number of aromatic amines is 1. The van der Waals surface area contributed by atoms with Crippen LogP contribution < -0.4 is 5.73 Å². The number of hydrogen-bond donors (Lipinski definition) is 3. The molecule has 15 heteroatoms. The number of nitrogens with zero attached hydrogens (tertiary/aromatic N) is 7. The van der Waals surface area contributed by atoms with E-state index in [1.165, 1.54) is 16.9 Å². The fraction of sp³-hybridized carbons (Fsp3) is 0.174. The van der Waals surface area contributed by atoms with Crippen LogP contribution in [-0.2, 0) is 6.18 Å². The van der Waals surface area contributed by atoms with Gasteiger partial charge in [0, 0.05) is 41.2 Å². The third-order valence-corrected chi connectivity index (χ3v) is 5.59. The maximum absolute atomic E-state index is 13.7. The second kappa shape index (κ2) is 10.2. The molecule has 0 fully saturated rings. The van der Waals surface area contributed by atoms with Crippen molar-refractivity contribution in [2.45, 2.75) is 25.4 Å². The lowest BCUT2D eigenvalue weighted by molar-refractivity contribution is -0.144. The molecule has 0 aliphatic heterocycles. The number of H-pyrrole nitrogens is 1. The Morgan fingerprint density at radius 1 is 1.26 bits per heavy atom. The van der Waals surface area contributed by atoms with E-state index in [2.05, 4.69) is 30.3 Å². The Balaban J connectivity index is 1.85. The van der Waals surface area contributed by atoms with Crippen LogP contribution in [0.4, 0.5) is 22.0 Å². The van der Waals surface area contributed by atoms with E-state index in [1.807, 2.05) is 6.07 Å². The average Bonchev–Trinajstić information content (AvgIpc) is 3.52. The molecule has 0 radical (unpaired) electrons. The maximum Gasteiger partial charge on any atom is 0.451 e. The lowest BCUT2D eigenvalue weighted by atomic mass is 9.93. The lowest BCUT2D eigenvalue weighted by Gasteiger charge is -2.11. The van der Waals surface area contributed by atoms with Crippen molar-refractivity contribution in [1.82, 2.24) is 29.9 Å². The highest BCUT2D eigenvalue weighted by atomic mass is 19.4. The Hall–Kier alpha value is -5.00. The normalized spacial score (nSPS) is 12.8. The maximum atomic E-state index is 13.7. The SMILES string of the molecule is CCC(c1cn(-c2ccc(F)c(F)c2)nn1)c1[nH]c(C(N)=NC=N)c(-c2cnc(C(F)(F)F)nc2)c1C#N. The van der Waals surface area contributed by atoms with E-state index < -0.39 is 29.6 Å². The van der Waals surface area contributed by atoms with E-state index in [0.29, 0.717) is 24.1 Å². The number of halogens is 5. The number of nitrogens with two attached hydrogens (primary N) is 1. The highest BCUT2D eigenvalue weighted by Crippen LogP contribution is 2.37. The summed E-state index contributed by atoms with van der Waals surface area (Å²) in [5, 5.41) is 25.4. The van der Waals surface area contributed by atoms with Crippen molar-refractivity contribution in [1.29, 1.82) is 10.7 Å². The minimum atomic E-state index is -4.77. The second-order valence-corrected chi connectivity index (χ2v) is 7.86. The number of amidine groups is 1. The Morgan fingerprint density at radius 3 is 2.55 bits per heavy atom. The third-order valence-electron chi connectivity index (χ3n) is 5.59. The largest absolute Gasteiger partial charge is 0.451 e. The zero-order valence-corrected chi connectivity index (χ0v) is 19.4. The molecule has 1 aromatic carbocycles. The molecule has 3 aromatic heterocycles. The molecule has 0 saturated carbocycles. The minimum Gasteiger partial charge on any atom is -0.382 e. The number of hydrogen-bond acceptors (Lipinski definition) is 6. The number of nitrogens with one attached hydrogen (secondary N) is 2. The molecule has 0 aliphatic carbocycles. The van der Waals surface area contributed by atoms with Gasteiger partial charge in [-0.15, -0.1) is 5.10 Å². The van der Waals surface area contributed by atoms with Crippen molar-refractivity contribution in [3.05, 3.63) is 76.9 Å². The minimum absolute atomic E-state index is 0.0146. The second-order valence-electron chi connectivity index (χ2n) is 7.86. The van der Waals surface area contributed by atoms with E-state index in [0.717, 1.165) is 24.5 Å². The van der Waals surface area contributed by atoms with Crippen LogP contribution in [0.3, 0.4) is 0 Å². The Morgan fingerprint density at radius 2 is 1.97 bits per heavy atom. The van der Waals surface area contributed by atoms with E-state index in [9.17, 15) is 27.2 Å². The smallest absolute Gasteiger partial charge is 0.382 e. The van der Waals surface area contributed by atoms with Gasteiger partial charge in [-0.05, 0) is 18.6 Å². The van der Waals surface area contributed by atoms with Crippen molar-refractivity contribution in [3.63, 3.8) is 0 Å². The first kappa shape index (κ1) is 26.1. The number of nitriles is 1. The number of aliphatic imine (C=N–C) groups is 1. The molecule has 0 saturated heterocycles. The molecular weight excluding hydrogens is 511 g/mol.